The van der Waals surface area contributed by atoms with Crippen molar-refractivity contribution >= 4 is 11.7 Å². The van der Waals surface area contributed by atoms with Crippen molar-refractivity contribution in [1.82, 2.24) is 8.75 Å². The molecule has 0 amide bonds. The van der Waals surface area contributed by atoms with Gasteiger partial charge in [0.05, 0.1) is 17.0 Å². The number of benzene rings is 1. The Morgan fingerprint density at radius 1 is 1.13 bits per heavy atom. The summed E-state index contributed by atoms with van der Waals surface area (Å²) in [6.45, 7) is 3.89. The number of H-pyrrole nitrogens is 2. The average Bonchev–Trinajstić information content (AvgIpc) is 2.76. The molecular weight excluding hydrogens is 208 g/mol. The normalized spacial score (nSPS) is 11.6. The van der Waals surface area contributed by atoms with E-state index in [9.17, 15) is 4.79 Å². The fraction of sp³-hybridized carbons (Fsp3) is 0.182. The number of aromatic amines is 2. The van der Waals surface area contributed by atoms with Crippen LogP contribution in [0.25, 0.3) is 22.5 Å². The summed E-state index contributed by atoms with van der Waals surface area (Å²) in [7, 11) is 0. The van der Waals surface area contributed by atoms with Crippen molar-refractivity contribution in [3.63, 3.8) is 0 Å². The van der Waals surface area contributed by atoms with Gasteiger partial charge >= 0.3 is 0 Å². The molecule has 0 unspecified atom stereocenters. The lowest BCUT2D eigenvalue weighted by Gasteiger charge is -1.99. The largest absolute Gasteiger partial charge is 0.295 e. The number of fused-ring (bicyclic) bond motifs is 3. The second-order valence-electron chi connectivity index (χ2n) is 3.82. The Hall–Kier alpha value is -1.55. The van der Waals surface area contributed by atoms with Gasteiger partial charge in [-0.25, -0.2) is 0 Å². The van der Waals surface area contributed by atoms with Crippen LogP contribution in [-0.4, -0.2) is 8.75 Å². The molecule has 0 aromatic rings. The Balaban J connectivity index is 2.60. The van der Waals surface area contributed by atoms with Gasteiger partial charge in [0.25, 0.3) is 0 Å². The molecular formula is C11H10N2OS. The minimum atomic E-state index is 0.133. The minimum Gasteiger partial charge on any atom is -0.295 e. The molecule has 4 heteroatoms. The van der Waals surface area contributed by atoms with Gasteiger partial charge in [0.1, 0.15) is 0 Å². The van der Waals surface area contributed by atoms with Crippen LogP contribution in [0.4, 0.5) is 0 Å². The van der Waals surface area contributed by atoms with Crippen LogP contribution in [0.3, 0.4) is 0 Å². The summed E-state index contributed by atoms with van der Waals surface area (Å²) in [6.07, 6.45) is 0. The van der Waals surface area contributed by atoms with E-state index < -0.39 is 0 Å². The van der Waals surface area contributed by atoms with Gasteiger partial charge in [-0.05, 0) is 30.5 Å². The van der Waals surface area contributed by atoms with Crippen molar-refractivity contribution in [2.24, 2.45) is 0 Å². The van der Waals surface area contributed by atoms with Crippen LogP contribution in [-0.2, 0) is 0 Å². The first kappa shape index (κ1) is 8.73. The predicted octanol–water partition coefficient (Wildman–Crippen LogP) is 2.59. The summed E-state index contributed by atoms with van der Waals surface area (Å²) in [4.78, 5) is 12.0. The monoisotopic (exact) mass is 218 g/mol. The van der Waals surface area contributed by atoms with E-state index in [-0.39, 0.29) is 5.43 Å². The number of aryl methyl sites for hydroxylation is 1. The molecule has 76 valence electrons. The Morgan fingerprint density at radius 2 is 1.87 bits per heavy atom. The molecule has 0 aromatic carbocycles. The van der Waals surface area contributed by atoms with E-state index in [1.54, 1.807) is 0 Å². The number of hydrogen-bond acceptors (Lipinski definition) is 2. The van der Waals surface area contributed by atoms with Crippen LogP contribution in [0.1, 0.15) is 11.1 Å². The van der Waals surface area contributed by atoms with Gasteiger partial charge in [-0.2, -0.15) is 0 Å². The van der Waals surface area contributed by atoms with Crippen molar-refractivity contribution in [1.29, 1.82) is 0 Å². The second-order valence-corrected chi connectivity index (χ2v) is 4.43. The molecule has 0 aromatic heterocycles. The topological polar surface area (TPSA) is 48.6 Å². The van der Waals surface area contributed by atoms with Gasteiger partial charge in [0.2, 0.25) is 0 Å². The zero-order valence-corrected chi connectivity index (χ0v) is 9.29. The molecule has 0 saturated carbocycles. The van der Waals surface area contributed by atoms with E-state index in [2.05, 4.69) is 8.75 Å². The number of hydrogen-bond donors (Lipinski definition) is 2. The van der Waals surface area contributed by atoms with E-state index in [0.29, 0.717) is 0 Å². The molecule has 0 bridgehead atoms. The molecule has 0 saturated heterocycles. The SMILES string of the molecule is Cc1c2ccc(C)c(=O)c-2c2[nH]s[nH]c1-2. The van der Waals surface area contributed by atoms with Crippen LogP contribution >= 0.6 is 11.7 Å². The molecule has 1 heterocycles. The summed E-state index contributed by atoms with van der Waals surface area (Å²) < 4.78 is 6.31. The molecule has 2 N–H and O–H groups in total. The van der Waals surface area contributed by atoms with Crippen molar-refractivity contribution in [3.8, 4) is 22.5 Å². The molecule has 3 nitrogen and oxygen atoms in total. The Kier molecular flexibility index (Phi) is 1.59. The van der Waals surface area contributed by atoms with Crippen molar-refractivity contribution in [3.05, 3.63) is 33.5 Å². The second kappa shape index (κ2) is 2.73. The zero-order chi connectivity index (χ0) is 10.6. The van der Waals surface area contributed by atoms with Crippen LogP contribution in [0.15, 0.2) is 16.9 Å². The predicted molar refractivity (Wildman–Crippen MR) is 62.0 cm³/mol. The van der Waals surface area contributed by atoms with Crippen LogP contribution in [0.5, 0.6) is 0 Å². The number of nitrogens with one attached hydrogen (secondary N) is 2. The Bertz CT molecular complexity index is 631. The summed E-state index contributed by atoms with van der Waals surface area (Å²) in [5.41, 5.74) is 5.95. The highest BCUT2D eigenvalue weighted by molar-refractivity contribution is 6.99. The zero-order valence-electron chi connectivity index (χ0n) is 8.47. The van der Waals surface area contributed by atoms with Gasteiger partial charge < -0.3 is 0 Å². The third kappa shape index (κ3) is 0.969. The summed E-state index contributed by atoms with van der Waals surface area (Å²) in [5.74, 6) is 0. The maximum atomic E-state index is 12.0. The Morgan fingerprint density at radius 3 is 2.67 bits per heavy atom. The quantitative estimate of drug-likeness (QED) is 0.598. The highest BCUT2D eigenvalue weighted by atomic mass is 32.1. The summed E-state index contributed by atoms with van der Waals surface area (Å²) in [6, 6.07) is 3.91. The maximum Gasteiger partial charge on any atom is 0.191 e. The van der Waals surface area contributed by atoms with E-state index in [0.717, 1.165) is 33.6 Å². The highest BCUT2D eigenvalue weighted by Gasteiger charge is 2.24. The molecule has 0 fully saturated rings. The molecule has 0 radical (unpaired) electrons. The first-order chi connectivity index (χ1) is 7.20. The van der Waals surface area contributed by atoms with Crippen molar-refractivity contribution < 1.29 is 0 Å². The van der Waals surface area contributed by atoms with Gasteiger partial charge in [-0.3, -0.25) is 13.5 Å². The van der Waals surface area contributed by atoms with Crippen molar-refractivity contribution in [2.45, 2.75) is 13.8 Å². The third-order valence-corrected chi connectivity index (χ3v) is 3.55. The van der Waals surface area contributed by atoms with Gasteiger partial charge in [0, 0.05) is 11.7 Å². The first-order valence-electron chi connectivity index (χ1n) is 4.77. The van der Waals surface area contributed by atoms with Crippen LogP contribution < -0.4 is 5.43 Å². The third-order valence-electron chi connectivity index (χ3n) is 2.94. The lowest BCUT2D eigenvalue weighted by Crippen LogP contribution is -2.07. The maximum absolute atomic E-state index is 12.0. The standard InChI is InChI=1S/C11H10N2OS/c1-5-3-4-7-6(2)9-10(13-15-12-9)8(7)11(5)14/h3-4,12-13H,1-2H3. The van der Waals surface area contributed by atoms with Crippen LogP contribution in [0, 0.1) is 13.8 Å². The highest BCUT2D eigenvalue weighted by Crippen LogP contribution is 2.39. The van der Waals surface area contributed by atoms with E-state index in [1.807, 2.05) is 26.0 Å². The van der Waals surface area contributed by atoms with Gasteiger partial charge in [0.15, 0.2) is 5.43 Å². The first-order valence-corrected chi connectivity index (χ1v) is 5.59. The van der Waals surface area contributed by atoms with Gasteiger partial charge in [-0.1, -0.05) is 12.1 Å². The molecule has 2 aliphatic carbocycles. The van der Waals surface area contributed by atoms with E-state index in [1.165, 1.54) is 11.7 Å². The fourth-order valence-electron chi connectivity index (χ4n) is 2.05. The van der Waals surface area contributed by atoms with Gasteiger partial charge in [-0.15, -0.1) is 0 Å². The summed E-state index contributed by atoms with van der Waals surface area (Å²) in [5, 5.41) is 0. The number of aromatic nitrogens is 2. The summed E-state index contributed by atoms with van der Waals surface area (Å²) >= 11 is 1.41. The van der Waals surface area contributed by atoms with Crippen LogP contribution in [0.2, 0.25) is 0 Å². The molecule has 0 atom stereocenters. The smallest absolute Gasteiger partial charge is 0.191 e. The molecule has 15 heavy (non-hydrogen) atoms. The van der Waals surface area contributed by atoms with Crippen molar-refractivity contribution in [2.75, 3.05) is 0 Å². The Labute approximate surface area is 90.7 Å². The lowest BCUT2D eigenvalue weighted by molar-refractivity contribution is 1.38. The number of rotatable bonds is 0. The molecule has 3 rings (SSSR count). The molecule has 3 aliphatic rings. The molecule has 0 spiro atoms. The molecule has 1 aliphatic heterocycles. The fourth-order valence-corrected chi connectivity index (χ4v) is 2.77. The average molecular weight is 218 g/mol. The van der Waals surface area contributed by atoms with E-state index >= 15 is 0 Å². The lowest BCUT2D eigenvalue weighted by atomic mass is 10.0. The van der Waals surface area contributed by atoms with E-state index in [4.69, 9.17) is 0 Å². The minimum absolute atomic E-state index is 0.133.